The lowest BCUT2D eigenvalue weighted by Gasteiger charge is -2.24. The maximum absolute atomic E-state index is 12.9. The van der Waals surface area contributed by atoms with E-state index in [2.05, 4.69) is 37.6 Å². The summed E-state index contributed by atoms with van der Waals surface area (Å²) in [5, 5.41) is 18.8. The summed E-state index contributed by atoms with van der Waals surface area (Å²) in [4.78, 5) is 28.9. The van der Waals surface area contributed by atoms with Gasteiger partial charge in [0.1, 0.15) is 11.9 Å². The van der Waals surface area contributed by atoms with Crippen LogP contribution in [-0.4, -0.2) is 76.8 Å². The van der Waals surface area contributed by atoms with Crippen LogP contribution in [-0.2, 0) is 22.4 Å². The highest BCUT2D eigenvalue weighted by Gasteiger charge is 2.27. The number of ketones is 1. The predicted molar refractivity (Wildman–Crippen MR) is 167 cm³/mol. The van der Waals surface area contributed by atoms with Crippen molar-refractivity contribution >= 4 is 28.3 Å². The molecule has 0 amide bonds. The summed E-state index contributed by atoms with van der Waals surface area (Å²) in [7, 11) is 1.71. The average Bonchev–Trinajstić information content (AvgIpc) is 3.04. The number of hydrogen-bond acceptors (Lipinski definition) is 9. The minimum atomic E-state index is -0.497. The van der Waals surface area contributed by atoms with E-state index in [4.69, 9.17) is 9.72 Å². The van der Waals surface area contributed by atoms with Gasteiger partial charge >= 0.3 is 5.82 Å². The number of carbonyl (C=O) groups excluding carboxylic acids is 1. The largest absolute Gasteiger partial charge is 0.383 e. The Morgan fingerprint density at radius 3 is 2.81 bits per heavy atom. The van der Waals surface area contributed by atoms with Crippen molar-refractivity contribution < 1.29 is 19.5 Å². The van der Waals surface area contributed by atoms with Gasteiger partial charge in [-0.25, -0.2) is 4.98 Å². The minimum absolute atomic E-state index is 0.00241. The molecule has 4 aromatic rings. The molecular weight excluding hydrogens is 542 g/mol. The number of nitrogens with one attached hydrogen (secondary N) is 2. The predicted octanol–water partition coefficient (Wildman–Crippen LogP) is 4.31. The van der Waals surface area contributed by atoms with Crippen LogP contribution in [0, 0.1) is 0 Å². The van der Waals surface area contributed by atoms with Crippen molar-refractivity contribution in [3.63, 3.8) is 0 Å². The highest BCUT2D eigenvalue weighted by atomic mass is 16.5. The summed E-state index contributed by atoms with van der Waals surface area (Å²) in [5.41, 5.74) is 3.83. The van der Waals surface area contributed by atoms with Crippen LogP contribution in [0.2, 0.25) is 0 Å². The second kappa shape index (κ2) is 14.8. The van der Waals surface area contributed by atoms with Crippen LogP contribution in [0.15, 0.2) is 60.9 Å². The van der Waals surface area contributed by atoms with E-state index in [-0.39, 0.29) is 5.78 Å². The van der Waals surface area contributed by atoms with Gasteiger partial charge in [-0.2, -0.15) is 0 Å². The van der Waals surface area contributed by atoms with Gasteiger partial charge in [-0.1, -0.05) is 27.9 Å². The van der Waals surface area contributed by atoms with Crippen molar-refractivity contribution in [1.82, 2.24) is 19.9 Å². The summed E-state index contributed by atoms with van der Waals surface area (Å²) in [6.45, 7) is 5.61. The van der Waals surface area contributed by atoms with E-state index in [0.29, 0.717) is 42.3 Å². The van der Waals surface area contributed by atoms with Crippen molar-refractivity contribution in [2.45, 2.75) is 51.5 Å². The number of ether oxygens (including phenoxy) is 1. The molecule has 226 valence electrons. The molecule has 0 saturated carbocycles. The second-order valence-electron chi connectivity index (χ2n) is 11.1. The molecule has 0 saturated heterocycles. The van der Waals surface area contributed by atoms with Gasteiger partial charge in [0.15, 0.2) is 11.3 Å². The van der Waals surface area contributed by atoms with Gasteiger partial charge in [0.2, 0.25) is 0 Å². The van der Waals surface area contributed by atoms with E-state index < -0.39 is 6.04 Å². The molecule has 0 unspecified atom stereocenters. The molecule has 1 aromatic carbocycles. The molecule has 10 heteroatoms. The van der Waals surface area contributed by atoms with Crippen LogP contribution in [0.25, 0.3) is 22.3 Å². The first-order chi connectivity index (χ1) is 21.0. The molecule has 1 aliphatic heterocycles. The van der Waals surface area contributed by atoms with Gasteiger partial charge in [-0.05, 0) is 81.5 Å². The fraction of sp³-hybridized carbons (Fsp3) is 0.424. The first-order valence-electron chi connectivity index (χ1n) is 15.2. The van der Waals surface area contributed by atoms with Gasteiger partial charge in [0.05, 0.1) is 17.6 Å². The third kappa shape index (κ3) is 7.82. The molecular formula is C33H42N7O3+. The molecule has 0 fully saturated rings. The zero-order valence-corrected chi connectivity index (χ0v) is 25.1. The number of carbonyl (C=O) groups is 1. The van der Waals surface area contributed by atoms with Gasteiger partial charge in [-0.3, -0.25) is 15.1 Å². The molecule has 43 heavy (non-hydrogen) atoms. The molecule has 4 heterocycles. The summed E-state index contributed by atoms with van der Waals surface area (Å²) in [6.07, 6.45) is 9.17. The first-order valence-corrected chi connectivity index (χ1v) is 15.2. The molecule has 0 radical (unpaired) electrons. The number of hydrogen-bond donors (Lipinski definition) is 3. The third-order valence-corrected chi connectivity index (χ3v) is 7.97. The normalized spacial score (nSPS) is 13.5. The first kappa shape index (κ1) is 30.3. The highest BCUT2D eigenvalue weighted by molar-refractivity contribution is 5.91. The van der Waals surface area contributed by atoms with Gasteiger partial charge in [-0.15, -0.1) is 0 Å². The fourth-order valence-electron chi connectivity index (χ4n) is 5.53. The fourth-order valence-corrected chi connectivity index (χ4v) is 5.53. The average molecular weight is 585 g/mol. The monoisotopic (exact) mass is 584 g/mol. The smallest absolute Gasteiger partial charge is 0.309 e. The Labute approximate surface area is 253 Å². The van der Waals surface area contributed by atoms with Gasteiger partial charge in [0, 0.05) is 51.3 Å². The molecule has 3 aromatic heterocycles. The Kier molecular flexibility index (Phi) is 10.5. The number of nitrogens with zero attached hydrogens (tertiary/aromatic N) is 5. The summed E-state index contributed by atoms with van der Waals surface area (Å²) in [5.74, 6) is 1.83. The van der Waals surface area contributed by atoms with E-state index in [0.717, 1.165) is 73.4 Å². The van der Waals surface area contributed by atoms with E-state index >= 15 is 0 Å². The van der Waals surface area contributed by atoms with E-state index in [1.807, 2.05) is 30.3 Å². The molecule has 10 nitrogen and oxygen atoms in total. The lowest BCUT2D eigenvalue weighted by atomic mass is 10.1. The number of Topliss-reactive ketones (excluding diaryl/α,β-unsaturated/α-hetero) is 1. The molecule has 0 spiro atoms. The number of benzene rings is 1. The minimum Gasteiger partial charge on any atom is -0.383 e. The number of aromatic nitrogens is 4. The molecule has 3 N–H and O–H groups in total. The summed E-state index contributed by atoms with van der Waals surface area (Å²) < 4.78 is 6.41. The van der Waals surface area contributed by atoms with Crippen LogP contribution < -0.4 is 15.4 Å². The molecule has 1 atom stereocenters. The van der Waals surface area contributed by atoms with Crippen molar-refractivity contribution in [2.75, 3.05) is 50.5 Å². The summed E-state index contributed by atoms with van der Waals surface area (Å²) in [6, 6.07) is 15.1. The van der Waals surface area contributed by atoms with Crippen LogP contribution in [0.4, 0.5) is 11.6 Å². The molecule has 5 rings (SSSR count). The molecule has 1 aliphatic rings. The van der Waals surface area contributed by atoms with Crippen molar-refractivity contribution in [3.05, 3.63) is 72.2 Å². The molecule has 0 aliphatic carbocycles. The summed E-state index contributed by atoms with van der Waals surface area (Å²) >= 11 is 0. The zero-order valence-electron chi connectivity index (χ0n) is 25.1. The van der Waals surface area contributed by atoms with Crippen molar-refractivity contribution in [3.8, 4) is 11.4 Å². The maximum atomic E-state index is 12.9. The number of rotatable bonds is 15. The Hall–Kier alpha value is -4.15. The Morgan fingerprint density at radius 1 is 1.12 bits per heavy atom. The lowest BCUT2D eigenvalue weighted by molar-refractivity contribution is -0.885. The van der Waals surface area contributed by atoms with Crippen LogP contribution in [0.1, 0.15) is 43.9 Å². The van der Waals surface area contributed by atoms with Gasteiger partial charge in [0.25, 0.3) is 5.82 Å². The number of fused-ring (bicyclic) bond motifs is 2. The van der Waals surface area contributed by atoms with E-state index in [1.165, 1.54) is 5.56 Å². The number of pyridine rings is 2. The number of methoxy groups -OCH3 is 1. The van der Waals surface area contributed by atoms with Crippen LogP contribution in [0.3, 0.4) is 0 Å². The van der Waals surface area contributed by atoms with Crippen LogP contribution >= 0.6 is 0 Å². The van der Waals surface area contributed by atoms with Gasteiger partial charge < -0.3 is 20.2 Å². The highest BCUT2D eigenvalue weighted by Crippen LogP contribution is 2.24. The number of unbranched alkanes of at least 4 members (excludes halogenated alkanes) is 1. The van der Waals surface area contributed by atoms with Crippen molar-refractivity contribution in [2.24, 2.45) is 0 Å². The standard InChI is InChI=1S/C33H41N7O3/c1-24(41)29(37-33-28-12-3-4-13-30(28)38-32(40(33)42)26-10-7-17-34-23-26)16-20-39(21-22-43-2)19-6-5-11-27-15-14-25-9-8-18-35-31(25)36-27/h3-4,7,10,12-15,17,23,29,42H,5-6,8-9,11,16,18-22H2,1-2H3,(H,35,36)/p+1/t29-/m0/s1. The zero-order chi connectivity index (χ0) is 30.0. The molecule has 0 bridgehead atoms. The van der Waals surface area contributed by atoms with E-state index in [9.17, 15) is 10.0 Å². The SMILES string of the molecule is COCCN(CCCCc1ccc2c(n1)NCCC2)CC[C@H](Nc1c2ccccc2nc(-c2cccnc2)[n+]1O)C(C)=O. The topological polar surface area (TPSA) is 116 Å². The number of para-hydroxylation sites is 1. The van der Waals surface area contributed by atoms with Crippen LogP contribution in [0.5, 0.6) is 0 Å². The van der Waals surface area contributed by atoms with Crippen molar-refractivity contribution in [1.29, 1.82) is 0 Å². The number of aryl methyl sites for hydroxylation is 2. The lowest BCUT2D eigenvalue weighted by Crippen LogP contribution is -2.43. The Bertz CT molecular complexity index is 1520. The quantitative estimate of drug-likeness (QED) is 0.107. The second-order valence-corrected chi connectivity index (χ2v) is 11.1. The maximum Gasteiger partial charge on any atom is 0.309 e. The Balaban J connectivity index is 1.24. The number of anilines is 2. The Morgan fingerprint density at radius 2 is 2.00 bits per heavy atom. The third-order valence-electron chi connectivity index (χ3n) is 7.97. The van der Waals surface area contributed by atoms with E-state index in [1.54, 1.807) is 32.5 Å².